The van der Waals surface area contributed by atoms with E-state index in [-0.39, 0.29) is 5.78 Å². The maximum Gasteiger partial charge on any atom is 0.181 e. The number of pyridine rings is 1. The van der Waals surface area contributed by atoms with Gasteiger partial charge in [0.25, 0.3) is 0 Å². The molecule has 0 aliphatic heterocycles. The van der Waals surface area contributed by atoms with Crippen molar-refractivity contribution in [1.82, 2.24) is 4.98 Å². The standard InChI is InChI=1S/C11H12BrNO/c1-8(2)3-6-11(14)10-5-4-9(12)7-13-10/h4-5,7H,1,3,6H2,2H3. The van der Waals surface area contributed by atoms with E-state index in [1.807, 2.05) is 13.0 Å². The SMILES string of the molecule is C=C(C)CCC(=O)c1ccc(Br)cn1. The number of hydrogen-bond donors (Lipinski definition) is 0. The van der Waals surface area contributed by atoms with Gasteiger partial charge in [0.1, 0.15) is 5.69 Å². The van der Waals surface area contributed by atoms with Crippen LogP contribution < -0.4 is 0 Å². The third kappa shape index (κ3) is 3.42. The van der Waals surface area contributed by atoms with E-state index in [4.69, 9.17) is 0 Å². The summed E-state index contributed by atoms with van der Waals surface area (Å²) < 4.78 is 0.883. The second-order valence-electron chi connectivity index (χ2n) is 3.24. The van der Waals surface area contributed by atoms with Crippen LogP contribution in [0.1, 0.15) is 30.3 Å². The molecule has 0 fully saturated rings. The van der Waals surface area contributed by atoms with Gasteiger partial charge in [0, 0.05) is 17.1 Å². The minimum atomic E-state index is 0.0699. The quantitative estimate of drug-likeness (QED) is 0.609. The summed E-state index contributed by atoms with van der Waals surface area (Å²) in [5.74, 6) is 0.0699. The maximum absolute atomic E-state index is 11.5. The molecule has 0 N–H and O–H groups in total. The second kappa shape index (κ2) is 5.05. The van der Waals surface area contributed by atoms with Gasteiger partial charge >= 0.3 is 0 Å². The fourth-order valence-corrected chi connectivity index (χ4v) is 1.23. The molecule has 1 aromatic heterocycles. The fourth-order valence-electron chi connectivity index (χ4n) is 0.996. The van der Waals surface area contributed by atoms with E-state index < -0.39 is 0 Å². The minimum Gasteiger partial charge on any atom is -0.292 e. The molecule has 14 heavy (non-hydrogen) atoms. The van der Waals surface area contributed by atoms with Gasteiger partial charge in [-0.2, -0.15) is 0 Å². The summed E-state index contributed by atoms with van der Waals surface area (Å²) in [4.78, 5) is 15.6. The van der Waals surface area contributed by atoms with E-state index in [1.165, 1.54) is 0 Å². The highest BCUT2D eigenvalue weighted by Crippen LogP contribution is 2.10. The highest BCUT2D eigenvalue weighted by Gasteiger charge is 2.06. The molecule has 0 spiro atoms. The van der Waals surface area contributed by atoms with Gasteiger partial charge in [-0.1, -0.05) is 5.57 Å². The summed E-state index contributed by atoms with van der Waals surface area (Å²) in [6.45, 7) is 5.67. The van der Waals surface area contributed by atoms with Gasteiger partial charge in [-0.3, -0.25) is 9.78 Å². The molecule has 1 heterocycles. The number of carbonyl (C=O) groups excluding carboxylic acids is 1. The van der Waals surface area contributed by atoms with Crippen molar-refractivity contribution >= 4 is 21.7 Å². The number of rotatable bonds is 4. The average molecular weight is 254 g/mol. The van der Waals surface area contributed by atoms with Crippen molar-refractivity contribution in [3.05, 3.63) is 40.6 Å². The van der Waals surface area contributed by atoms with Crippen molar-refractivity contribution in [1.29, 1.82) is 0 Å². The summed E-state index contributed by atoms with van der Waals surface area (Å²) in [6, 6.07) is 3.55. The second-order valence-corrected chi connectivity index (χ2v) is 4.16. The third-order valence-electron chi connectivity index (χ3n) is 1.79. The molecule has 1 aromatic rings. The Morgan fingerprint density at radius 1 is 1.50 bits per heavy atom. The molecule has 0 saturated carbocycles. The fraction of sp³-hybridized carbons (Fsp3) is 0.273. The maximum atomic E-state index is 11.5. The molecule has 0 bridgehead atoms. The summed E-state index contributed by atoms with van der Waals surface area (Å²) >= 11 is 3.27. The normalized spacial score (nSPS) is 9.86. The number of halogens is 1. The van der Waals surface area contributed by atoms with Crippen molar-refractivity contribution in [3.63, 3.8) is 0 Å². The van der Waals surface area contributed by atoms with Gasteiger partial charge in [-0.25, -0.2) is 0 Å². The van der Waals surface area contributed by atoms with Crippen LogP contribution in [0, 0.1) is 0 Å². The summed E-state index contributed by atoms with van der Waals surface area (Å²) in [5.41, 5.74) is 1.55. The number of aromatic nitrogens is 1. The Bertz CT molecular complexity index is 343. The third-order valence-corrected chi connectivity index (χ3v) is 2.26. The van der Waals surface area contributed by atoms with E-state index in [2.05, 4.69) is 27.5 Å². The van der Waals surface area contributed by atoms with Crippen molar-refractivity contribution < 1.29 is 4.79 Å². The van der Waals surface area contributed by atoms with E-state index >= 15 is 0 Å². The topological polar surface area (TPSA) is 30.0 Å². The molecule has 74 valence electrons. The summed E-state index contributed by atoms with van der Waals surface area (Å²) in [5, 5.41) is 0. The molecule has 0 aliphatic carbocycles. The Kier molecular flexibility index (Phi) is 4.01. The van der Waals surface area contributed by atoms with Crippen LogP contribution in [0.2, 0.25) is 0 Å². The Balaban J connectivity index is 2.61. The first-order valence-corrected chi connectivity index (χ1v) is 5.18. The van der Waals surface area contributed by atoms with E-state index in [0.717, 1.165) is 16.5 Å². The number of hydrogen-bond acceptors (Lipinski definition) is 2. The first-order chi connectivity index (χ1) is 6.59. The number of allylic oxidation sites excluding steroid dienone is 1. The largest absolute Gasteiger partial charge is 0.292 e. The molecular formula is C11H12BrNO. The minimum absolute atomic E-state index is 0.0699. The zero-order chi connectivity index (χ0) is 10.6. The van der Waals surface area contributed by atoms with Gasteiger partial charge in [-0.05, 0) is 41.4 Å². The van der Waals surface area contributed by atoms with Gasteiger partial charge in [0.05, 0.1) is 0 Å². The Hall–Kier alpha value is -0.960. The van der Waals surface area contributed by atoms with E-state index in [9.17, 15) is 4.79 Å². The van der Waals surface area contributed by atoms with Crippen LogP contribution in [0.15, 0.2) is 35.0 Å². The van der Waals surface area contributed by atoms with Gasteiger partial charge in [0.2, 0.25) is 0 Å². The monoisotopic (exact) mass is 253 g/mol. The molecule has 0 radical (unpaired) electrons. The van der Waals surface area contributed by atoms with Gasteiger partial charge < -0.3 is 0 Å². The van der Waals surface area contributed by atoms with Crippen LogP contribution in [0.4, 0.5) is 0 Å². The molecule has 0 atom stereocenters. The molecule has 3 heteroatoms. The number of carbonyl (C=O) groups is 1. The van der Waals surface area contributed by atoms with Crippen LogP contribution in [0.5, 0.6) is 0 Å². The lowest BCUT2D eigenvalue weighted by atomic mass is 10.1. The zero-order valence-electron chi connectivity index (χ0n) is 8.09. The predicted molar refractivity (Wildman–Crippen MR) is 60.3 cm³/mol. The highest BCUT2D eigenvalue weighted by atomic mass is 79.9. The van der Waals surface area contributed by atoms with Crippen LogP contribution in [-0.2, 0) is 0 Å². The molecule has 0 aliphatic rings. The van der Waals surface area contributed by atoms with Crippen LogP contribution in [0.25, 0.3) is 0 Å². The van der Waals surface area contributed by atoms with E-state index in [0.29, 0.717) is 12.1 Å². The number of ketones is 1. The molecule has 0 amide bonds. The lowest BCUT2D eigenvalue weighted by Gasteiger charge is -1.99. The Labute approximate surface area is 92.2 Å². The van der Waals surface area contributed by atoms with Crippen molar-refractivity contribution in [3.8, 4) is 0 Å². The summed E-state index contributed by atoms with van der Waals surface area (Å²) in [7, 11) is 0. The van der Waals surface area contributed by atoms with Crippen molar-refractivity contribution in [2.75, 3.05) is 0 Å². The molecule has 1 rings (SSSR count). The van der Waals surface area contributed by atoms with Gasteiger partial charge in [-0.15, -0.1) is 6.58 Å². The predicted octanol–water partition coefficient (Wildman–Crippen LogP) is 3.38. The Morgan fingerprint density at radius 2 is 2.21 bits per heavy atom. The lowest BCUT2D eigenvalue weighted by molar-refractivity contribution is 0.0978. The average Bonchev–Trinajstić information content (AvgIpc) is 2.15. The molecule has 0 unspecified atom stereocenters. The molecule has 0 saturated heterocycles. The van der Waals surface area contributed by atoms with Crippen LogP contribution in [0.3, 0.4) is 0 Å². The molecule has 2 nitrogen and oxygen atoms in total. The Morgan fingerprint density at radius 3 is 2.71 bits per heavy atom. The zero-order valence-corrected chi connectivity index (χ0v) is 9.67. The van der Waals surface area contributed by atoms with E-state index in [1.54, 1.807) is 12.3 Å². The number of nitrogens with zero attached hydrogens (tertiary/aromatic N) is 1. The summed E-state index contributed by atoms with van der Waals surface area (Å²) in [6.07, 6.45) is 2.86. The number of Topliss-reactive ketones (excluding diaryl/α,β-unsaturated/α-hetero) is 1. The van der Waals surface area contributed by atoms with Crippen LogP contribution in [-0.4, -0.2) is 10.8 Å². The first kappa shape index (κ1) is 11.1. The van der Waals surface area contributed by atoms with Crippen LogP contribution >= 0.6 is 15.9 Å². The van der Waals surface area contributed by atoms with Crippen molar-refractivity contribution in [2.45, 2.75) is 19.8 Å². The van der Waals surface area contributed by atoms with Crippen molar-refractivity contribution in [2.24, 2.45) is 0 Å². The smallest absolute Gasteiger partial charge is 0.181 e. The van der Waals surface area contributed by atoms with Gasteiger partial charge in [0.15, 0.2) is 5.78 Å². The molecule has 0 aromatic carbocycles. The lowest BCUT2D eigenvalue weighted by Crippen LogP contribution is -2.01. The highest BCUT2D eigenvalue weighted by molar-refractivity contribution is 9.10. The first-order valence-electron chi connectivity index (χ1n) is 4.38. The molecular weight excluding hydrogens is 242 g/mol.